The minimum atomic E-state index is -1.58. The third-order valence-electron chi connectivity index (χ3n) is 5.01. The molecule has 5 atom stereocenters. The number of imidazole rings is 1. The van der Waals surface area contributed by atoms with Gasteiger partial charge in [-0.15, -0.1) is 0 Å². The Hall–Kier alpha value is -2.50. The van der Waals surface area contributed by atoms with Gasteiger partial charge < -0.3 is 30.9 Å². The highest BCUT2D eigenvalue weighted by atomic mass is 35.5. The van der Waals surface area contributed by atoms with Crippen molar-refractivity contribution in [3.63, 3.8) is 0 Å². The SMILES string of the molecule is C[C@@](O)(c1ccc(Cl)cc1)[C@H]1O[C@@H](n2cnc3/c(=N\N)nc[nH]c32)[C@H](O)[C@@H]1O. The zero-order valence-corrected chi connectivity index (χ0v) is 15.5. The number of aliphatic hydroxyl groups excluding tert-OH is 2. The number of ether oxygens (including phenoxy) is 1. The van der Waals surface area contributed by atoms with Gasteiger partial charge in [0.25, 0.3) is 0 Å². The van der Waals surface area contributed by atoms with Gasteiger partial charge in [0.05, 0.1) is 12.7 Å². The molecule has 1 fully saturated rings. The van der Waals surface area contributed by atoms with Crippen LogP contribution in [0, 0.1) is 0 Å². The minimum Gasteiger partial charge on any atom is -0.387 e. The summed E-state index contributed by atoms with van der Waals surface area (Å²) in [6.07, 6.45) is -1.99. The zero-order chi connectivity index (χ0) is 20.1. The van der Waals surface area contributed by atoms with Gasteiger partial charge in [-0.1, -0.05) is 23.7 Å². The summed E-state index contributed by atoms with van der Waals surface area (Å²) in [5.74, 6) is 5.32. The predicted molar refractivity (Wildman–Crippen MR) is 98.6 cm³/mol. The molecule has 1 aliphatic heterocycles. The van der Waals surface area contributed by atoms with Crippen molar-refractivity contribution in [3.8, 4) is 0 Å². The lowest BCUT2D eigenvalue weighted by Crippen LogP contribution is -2.45. The Morgan fingerprint density at radius 3 is 2.64 bits per heavy atom. The number of nitrogens with two attached hydrogens (primary N) is 1. The van der Waals surface area contributed by atoms with Gasteiger partial charge in [-0.3, -0.25) is 4.57 Å². The standard InChI is InChI=1S/C17H19ClN6O4/c1-17(27,8-2-4-9(18)5-3-8)13-11(25)12(26)16(28-13)24-7-22-10-14(23-19)20-6-21-15(10)24/h2-7,11-13,16,25-27H,19H2,1H3,(H,20,21,23)/t11-,12+,13-,16+,17+/m0/s1. The molecule has 4 rings (SSSR count). The first kappa shape index (κ1) is 18.8. The van der Waals surface area contributed by atoms with Crippen LogP contribution >= 0.6 is 11.6 Å². The molecule has 1 saturated heterocycles. The van der Waals surface area contributed by atoms with Gasteiger partial charge in [-0.05, 0) is 24.6 Å². The molecule has 0 saturated carbocycles. The van der Waals surface area contributed by atoms with E-state index in [1.807, 2.05) is 0 Å². The van der Waals surface area contributed by atoms with E-state index in [1.54, 1.807) is 24.3 Å². The van der Waals surface area contributed by atoms with Gasteiger partial charge in [0.1, 0.15) is 29.6 Å². The molecule has 0 unspecified atom stereocenters. The summed E-state index contributed by atoms with van der Waals surface area (Å²) < 4.78 is 7.40. The van der Waals surface area contributed by atoms with E-state index in [4.69, 9.17) is 22.2 Å². The monoisotopic (exact) mass is 406 g/mol. The molecule has 1 aliphatic rings. The molecular formula is C17H19ClN6O4. The van der Waals surface area contributed by atoms with E-state index in [9.17, 15) is 15.3 Å². The van der Waals surface area contributed by atoms with E-state index < -0.39 is 30.1 Å². The number of aliphatic hydroxyl groups is 3. The molecule has 0 amide bonds. The number of aromatic amines is 1. The maximum absolute atomic E-state index is 11.1. The number of benzene rings is 1. The van der Waals surface area contributed by atoms with Crippen molar-refractivity contribution >= 4 is 22.8 Å². The van der Waals surface area contributed by atoms with Crippen molar-refractivity contribution in [2.75, 3.05) is 0 Å². The Morgan fingerprint density at radius 1 is 1.25 bits per heavy atom. The van der Waals surface area contributed by atoms with E-state index in [-0.39, 0.29) is 5.49 Å². The molecule has 3 heterocycles. The molecule has 3 aromatic rings. The second-order valence-corrected chi connectivity index (χ2v) is 7.22. The molecule has 1 aromatic carbocycles. The third-order valence-corrected chi connectivity index (χ3v) is 5.26. The quantitative estimate of drug-likeness (QED) is 0.296. The second kappa shape index (κ2) is 6.83. The van der Waals surface area contributed by atoms with E-state index >= 15 is 0 Å². The maximum Gasteiger partial charge on any atom is 0.202 e. The molecule has 6 N–H and O–H groups in total. The van der Waals surface area contributed by atoms with Crippen LogP contribution in [0.25, 0.3) is 11.2 Å². The highest BCUT2D eigenvalue weighted by Gasteiger charge is 2.52. The first-order valence-electron chi connectivity index (χ1n) is 8.48. The number of hydrogen-bond acceptors (Lipinski definition) is 8. The fourth-order valence-corrected chi connectivity index (χ4v) is 3.60. The number of hydrogen-bond donors (Lipinski definition) is 5. The van der Waals surface area contributed by atoms with Crippen molar-refractivity contribution in [2.45, 2.75) is 37.1 Å². The molecule has 148 valence electrons. The second-order valence-electron chi connectivity index (χ2n) is 6.79. The number of H-pyrrole nitrogens is 1. The number of aromatic nitrogens is 4. The molecule has 28 heavy (non-hydrogen) atoms. The average molecular weight is 407 g/mol. The largest absolute Gasteiger partial charge is 0.387 e. The summed E-state index contributed by atoms with van der Waals surface area (Å²) in [5, 5.41) is 36.3. The molecule has 0 radical (unpaired) electrons. The summed E-state index contributed by atoms with van der Waals surface area (Å²) in [6, 6.07) is 6.53. The maximum atomic E-state index is 11.1. The van der Waals surface area contributed by atoms with Crippen LogP contribution in [0.5, 0.6) is 0 Å². The van der Waals surface area contributed by atoms with Crippen LogP contribution in [-0.2, 0) is 10.3 Å². The van der Waals surface area contributed by atoms with Gasteiger partial charge in [-0.2, -0.15) is 5.10 Å². The zero-order valence-electron chi connectivity index (χ0n) is 14.8. The normalized spacial score (nSPS) is 28.0. The molecule has 11 heteroatoms. The Labute approximate surface area is 163 Å². The van der Waals surface area contributed by atoms with Crippen molar-refractivity contribution in [1.82, 2.24) is 19.5 Å². The number of nitrogens with one attached hydrogen (secondary N) is 1. The van der Waals surface area contributed by atoms with E-state index in [1.165, 1.54) is 24.1 Å². The minimum absolute atomic E-state index is 0.213. The van der Waals surface area contributed by atoms with Crippen LogP contribution in [0.4, 0.5) is 0 Å². The van der Waals surface area contributed by atoms with Crippen molar-refractivity contribution < 1.29 is 20.1 Å². The number of fused-ring (bicyclic) bond motifs is 1. The highest BCUT2D eigenvalue weighted by molar-refractivity contribution is 6.30. The van der Waals surface area contributed by atoms with Gasteiger partial charge >= 0.3 is 0 Å². The van der Waals surface area contributed by atoms with Crippen molar-refractivity contribution in [1.29, 1.82) is 0 Å². The molecular weight excluding hydrogens is 388 g/mol. The lowest BCUT2D eigenvalue weighted by molar-refractivity contribution is -0.135. The Balaban J connectivity index is 1.72. The smallest absolute Gasteiger partial charge is 0.202 e. The number of nitrogens with zero attached hydrogens (tertiary/aromatic N) is 4. The Morgan fingerprint density at radius 2 is 1.96 bits per heavy atom. The van der Waals surface area contributed by atoms with Crippen molar-refractivity contribution in [3.05, 3.63) is 53.0 Å². The molecule has 2 aromatic heterocycles. The van der Waals surface area contributed by atoms with Gasteiger partial charge in [0, 0.05) is 5.02 Å². The predicted octanol–water partition coefficient (Wildman–Crippen LogP) is -0.286. The summed E-state index contributed by atoms with van der Waals surface area (Å²) in [5.41, 5.74) is -0.0564. The van der Waals surface area contributed by atoms with Crippen LogP contribution < -0.4 is 11.3 Å². The lowest BCUT2D eigenvalue weighted by Gasteiger charge is -2.32. The van der Waals surface area contributed by atoms with Crippen LogP contribution in [0.2, 0.25) is 5.02 Å². The lowest BCUT2D eigenvalue weighted by atomic mass is 9.87. The van der Waals surface area contributed by atoms with E-state index in [0.717, 1.165) is 0 Å². The summed E-state index contributed by atoms with van der Waals surface area (Å²) in [4.78, 5) is 11.1. The van der Waals surface area contributed by atoms with Crippen LogP contribution in [0.3, 0.4) is 0 Å². The van der Waals surface area contributed by atoms with Gasteiger partial charge in [-0.25, -0.2) is 9.97 Å². The molecule has 10 nitrogen and oxygen atoms in total. The Kier molecular flexibility index (Phi) is 4.60. The topological polar surface area (TPSA) is 155 Å². The first-order valence-corrected chi connectivity index (χ1v) is 8.86. The molecule has 0 aliphatic carbocycles. The molecule has 0 bridgehead atoms. The van der Waals surface area contributed by atoms with E-state index in [2.05, 4.69) is 20.1 Å². The van der Waals surface area contributed by atoms with Crippen LogP contribution in [0.15, 0.2) is 42.0 Å². The average Bonchev–Trinajstić information content (AvgIpc) is 3.24. The van der Waals surface area contributed by atoms with Gasteiger partial charge in [0.15, 0.2) is 11.7 Å². The first-order chi connectivity index (χ1) is 13.3. The molecule has 0 spiro atoms. The summed E-state index contributed by atoms with van der Waals surface area (Å²) >= 11 is 5.91. The summed E-state index contributed by atoms with van der Waals surface area (Å²) in [6.45, 7) is 1.51. The number of halogens is 1. The number of rotatable bonds is 3. The van der Waals surface area contributed by atoms with Crippen molar-refractivity contribution in [2.24, 2.45) is 10.9 Å². The third kappa shape index (κ3) is 2.86. The van der Waals surface area contributed by atoms with Crippen LogP contribution in [0.1, 0.15) is 18.7 Å². The fraction of sp³-hybridized carbons (Fsp3) is 0.353. The highest BCUT2D eigenvalue weighted by Crippen LogP contribution is 2.40. The summed E-state index contributed by atoms with van der Waals surface area (Å²) in [7, 11) is 0. The van der Waals surface area contributed by atoms with Crippen LogP contribution in [-0.4, -0.2) is 53.2 Å². The van der Waals surface area contributed by atoms with Gasteiger partial charge in [0.2, 0.25) is 5.49 Å². The Bertz CT molecular complexity index is 1060. The fourth-order valence-electron chi connectivity index (χ4n) is 3.48. The van der Waals surface area contributed by atoms with E-state index in [0.29, 0.717) is 21.7 Å².